The molecule has 0 spiro atoms. The first-order valence-electron chi connectivity index (χ1n) is 8.98. The summed E-state index contributed by atoms with van der Waals surface area (Å²) in [5.41, 5.74) is 2.12. The van der Waals surface area contributed by atoms with E-state index in [4.69, 9.17) is 16.3 Å². The topological polar surface area (TPSA) is 88.3 Å². The molecule has 0 bridgehead atoms. The lowest BCUT2D eigenvalue weighted by molar-refractivity contribution is -0.112. The molecule has 2 N–H and O–H groups in total. The van der Waals surface area contributed by atoms with E-state index in [1.807, 2.05) is 6.07 Å². The Balaban J connectivity index is 2.02. The van der Waals surface area contributed by atoms with Gasteiger partial charge in [-0.15, -0.1) is 0 Å². The largest absolute Gasteiger partial charge is 0.462 e. The van der Waals surface area contributed by atoms with Crippen molar-refractivity contribution in [2.45, 2.75) is 13.8 Å². The minimum atomic E-state index is -0.832. The average molecular weight is 411 g/mol. The summed E-state index contributed by atoms with van der Waals surface area (Å²) in [5.74, 6) is -2.18. The van der Waals surface area contributed by atoms with E-state index < -0.39 is 17.7 Å². The number of ether oxygens (including phenoxy) is 1. The van der Waals surface area contributed by atoms with Crippen LogP contribution >= 0.6 is 11.6 Å². The fraction of sp³-hybridized carbons (Fsp3) is 0.136. The van der Waals surface area contributed by atoms with Crippen LogP contribution in [0.5, 0.6) is 0 Å². The molecule has 0 saturated heterocycles. The van der Waals surface area contributed by atoms with Gasteiger partial charge in [-0.2, -0.15) is 0 Å². The van der Waals surface area contributed by atoms with Crippen LogP contribution in [0.3, 0.4) is 0 Å². The maximum atomic E-state index is 12.9. The maximum absolute atomic E-state index is 12.9. The summed E-state index contributed by atoms with van der Waals surface area (Å²) < 4.78 is 5.15. The Morgan fingerprint density at radius 2 is 1.69 bits per heavy atom. The van der Waals surface area contributed by atoms with Gasteiger partial charge in [0.1, 0.15) is 5.69 Å². The van der Waals surface area contributed by atoms with Gasteiger partial charge in [0.15, 0.2) is 0 Å². The van der Waals surface area contributed by atoms with E-state index in [9.17, 15) is 14.4 Å². The molecule has 3 aromatic rings. The van der Waals surface area contributed by atoms with E-state index in [2.05, 4.69) is 10.3 Å². The summed E-state index contributed by atoms with van der Waals surface area (Å²) >= 11 is 5.84. The molecule has 0 aliphatic carbocycles. The molecule has 1 heterocycles. The van der Waals surface area contributed by atoms with E-state index in [0.29, 0.717) is 27.5 Å². The molecular weight excluding hydrogens is 392 g/mol. The zero-order valence-electron chi connectivity index (χ0n) is 15.9. The number of anilines is 1. The number of Topliss-reactive ketones (excluding diaryl/α,β-unsaturated/α-hetero) is 1. The summed E-state index contributed by atoms with van der Waals surface area (Å²) in [5, 5.41) is 3.06. The number of hydrogen-bond acceptors (Lipinski definition) is 4. The van der Waals surface area contributed by atoms with Crippen molar-refractivity contribution in [2.75, 3.05) is 11.9 Å². The van der Waals surface area contributed by atoms with Crippen molar-refractivity contribution in [1.29, 1.82) is 0 Å². The minimum Gasteiger partial charge on any atom is -0.462 e. The number of carbonyl (C=O) groups is 3. The molecule has 148 valence electrons. The predicted octanol–water partition coefficient (Wildman–Crippen LogP) is 4.64. The summed E-state index contributed by atoms with van der Waals surface area (Å²) in [6.45, 7) is 3.55. The molecule has 29 heavy (non-hydrogen) atoms. The summed E-state index contributed by atoms with van der Waals surface area (Å²) in [6, 6.07) is 15.3. The molecule has 0 radical (unpaired) electrons. The lowest BCUT2D eigenvalue weighted by Crippen LogP contribution is -2.23. The Hall–Kier alpha value is -3.38. The number of rotatable bonds is 6. The van der Waals surface area contributed by atoms with Crippen LogP contribution in [-0.2, 0) is 9.53 Å². The maximum Gasteiger partial charge on any atom is 0.340 e. The van der Waals surface area contributed by atoms with Gasteiger partial charge in [-0.25, -0.2) is 4.79 Å². The summed E-state index contributed by atoms with van der Waals surface area (Å²) in [4.78, 5) is 40.9. The fourth-order valence-corrected chi connectivity index (χ4v) is 3.11. The van der Waals surface area contributed by atoms with Gasteiger partial charge in [0.25, 0.3) is 11.7 Å². The summed E-state index contributed by atoms with van der Waals surface area (Å²) in [6.07, 6.45) is 0. The fourth-order valence-electron chi connectivity index (χ4n) is 2.98. The second-order valence-electron chi connectivity index (χ2n) is 6.25. The number of nitrogens with one attached hydrogen (secondary N) is 2. The SMILES string of the molecule is CCOC(=O)c1c(C)[nH]c(C(=O)C(=O)Nc2ccc(Cl)cc2)c1-c1ccccc1. The van der Waals surface area contributed by atoms with Crippen LogP contribution in [0.15, 0.2) is 54.6 Å². The van der Waals surface area contributed by atoms with Crippen LogP contribution in [-0.4, -0.2) is 29.3 Å². The third-order valence-electron chi connectivity index (χ3n) is 4.26. The normalized spacial score (nSPS) is 10.4. The zero-order chi connectivity index (χ0) is 21.0. The molecule has 6 nitrogen and oxygen atoms in total. The summed E-state index contributed by atoms with van der Waals surface area (Å²) in [7, 11) is 0. The molecular formula is C22H19ClN2O4. The first-order chi connectivity index (χ1) is 13.9. The van der Waals surface area contributed by atoms with E-state index in [-0.39, 0.29) is 17.9 Å². The highest BCUT2D eigenvalue weighted by Crippen LogP contribution is 2.31. The lowest BCUT2D eigenvalue weighted by Gasteiger charge is -2.08. The average Bonchev–Trinajstić information content (AvgIpc) is 3.07. The molecule has 0 aliphatic heterocycles. The van der Waals surface area contributed by atoms with E-state index in [1.54, 1.807) is 62.4 Å². The first-order valence-corrected chi connectivity index (χ1v) is 9.36. The lowest BCUT2D eigenvalue weighted by atomic mass is 9.98. The second-order valence-corrected chi connectivity index (χ2v) is 6.69. The predicted molar refractivity (Wildman–Crippen MR) is 111 cm³/mol. The number of aryl methyl sites for hydroxylation is 1. The zero-order valence-corrected chi connectivity index (χ0v) is 16.7. The Morgan fingerprint density at radius 1 is 1.03 bits per heavy atom. The molecule has 2 aromatic carbocycles. The van der Waals surface area contributed by atoms with Gasteiger partial charge >= 0.3 is 5.97 Å². The van der Waals surface area contributed by atoms with E-state index in [0.717, 1.165) is 0 Å². The monoisotopic (exact) mass is 410 g/mol. The van der Waals surface area contributed by atoms with Crippen LogP contribution in [0.2, 0.25) is 5.02 Å². The van der Waals surface area contributed by atoms with Crippen molar-refractivity contribution >= 4 is 34.9 Å². The smallest absolute Gasteiger partial charge is 0.340 e. The van der Waals surface area contributed by atoms with Crippen molar-refractivity contribution in [3.8, 4) is 11.1 Å². The van der Waals surface area contributed by atoms with Crippen molar-refractivity contribution in [3.05, 3.63) is 76.6 Å². The highest BCUT2D eigenvalue weighted by Gasteiger charge is 2.29. The minimum absolute atomic E-state index is 0.0308. The van der Waals surface area contributed by atoms with Gasteiger partial charge in [0, 0.05) is 22.0 Å². The Kier molecular flexibility index (Phi) is 6.14. The van der Waals surface area contributed by atoms with Gasteiger partial charge in [0.05, 0.1) is 12.2 Å². The van der Waals surface area contributed by atoms with Crippen LogP contribution in [0, 0.1) is 6.92 Å². The molecule has 1 amide bonds. The van der Waals surface area contributed by atoms with E-state index in [1.165, 1.54) is 0 Å². The number of aromatic nitrogens is 1. The number of amides is 1. The Morgan fingerprint density at radius 3 is 2.31 bits per heavy atom. The molecule has 0 atom stereocenters. The third kappa shape index (κ3) is 4.38. The molecule has 0 unspecified atom stereocenters. The Bertz CT molecular complexity index is 1060. The van der Waals surface area contributed by atoms with E-state index >= 15 is 0 Å². The van der Waals surface area contributed by atoms with Gasteiger partial charge < -0.3 is 15.0 Å². The highest BCUT2D eigenvalue weighted by atomic mass is 35.5. The first kappa shape index (κ1) is 20.4. The van der Waals surface area contributed by atoms with Crippen molar-refractivity contribution < 1.29 is 19.1 Å². The van der Waals surface area contributed by atoms with Crippen molar-refractivity contribution in [3.63, 3.8) is 0 Å². The molecule has 0 fully saturated rings. The van der Waals surface area contributed by atoms with Crippen molar-refractivity contribution in [1.82, 2.24) is 4.98 Å². The van der Waals surface area contributed by atoms with Crippen LogP contribution in [0.1, 0.15) is 33.5 Å². The number of aromatic amines is 1. The molecule has 0 aliphatic rings. The third-order valence-corrected chi connectivity index (χ3v) is 4.52. The molecule has 1 aromatic heterocycles. The number of benzene rings is 2. The van der Waals surface area contributed by atoms with Crippen LogP contribution in [0.25, 0.3) is 11.1 Å². The molecule has 7 heteroatoms. The number of ketones is 1. The van der Waals surface area contributed by atoms with Gasteiger partial charge in [-0.05, 0) is 43.7 Å². The van der Waals surface area contributed by atoms with Gasteiger partial charge in [-0.3, -0.25) is 9.59 Å². The van der Waals surface area contributed by atoms with Crippen molar-refractivity contribution in [2.24, 2.45) is 0 Å². The molecule has 0 saturated carbocycles. The second kappa shape index (κ2) is 8.75. The quantitative estimate of drug-likeness (QED) is 0.352. The number of carbonyl (C=O) groups excluding carboxylic acids is 3. The number of hydrogen-bond donors (Lipinski definition) is 2. The van der Waals surface area contributed by atoms with Crippen LogP contribution in [0.4, 0.5) is 5.69 Å². The standard InChI is InChI=1S/C22H19ClN2O4/c1-3-29-22(28)17-13(2)24-19(18(17)14-7-5-4-6-8-14)20(26)21(27)25-16-11-9-15(23)10-12-16/h4-12,24H,3H2,1-2H3,(H,25,27). The number of H-pyrrole nitrogens is 1. The number of esters is 1. The van der Waals surface area contributed by atoms with Gasteiger partial charge in [0.2, 0.25) is 0 Å². The number of halogens is 1. The Labute approximate surface area is 172 Å². The van der Waals surface area contributed by atoms with Gasteiger partial charge in [-0.1, -0.05) is 41.9 Å². The van der Waals surface area contributed by atoms with Crippen LogP contribution < -0.4 is 5.32 Å². The molecule has 3 rings (SSSR count). The highest BCUT2D eigenvalue weighted by molar-refractivity contribution is 6.47.